The summed E-state index contributed by atoms with van der Waals surface area (Å²) in [5.41, 5.74) is 7.58. The van der Waals surface area contributed by atoms with Crippen LogP contribution >= 0.6 is 0 Å². The van der Waals surface area contributed by atoms with Crippen molar-refractivity contribution in [1.29, 1.82) is 0 Å². The Hall–Kier alpha value is -4.02. The van der Waals surface area contributed by atoms with Crippen LogP contribution in [-0.4, -0.2) is 30.6 Å². The number of rotatable bonds is 4. The van der Waals surface area contributed by atoms with Crippen molar-refractivity contribution in [2.45, 2.75) is 44.3 Å². The van der Waals surface area contributed by atoms with Crippen LogP contribution in [-0.2, 0) is 6.18 Å². The van der Waals surface area contributed by atoms with Gasteiger partial charge in [-0.15, -0.1) is 0 Å². The predicted molar refractivity (Wildman–Crippen MR) is 124 cm³/mol. The SMILES string of the molecule is Nc1ncnc2c1c(-c1ccc(C(=O)Nc3cc(C(F)(F)F)ccn3)cc1)nn2C1CCCCC1. The number of amides is 1. The van der Waals surface area contributed by atoms with E-state index in [0.717, 1.165) is 49.6 Å². The molecule has 0 spiro atoms. The minimum absolute atomic E-state index is 0.184. The molecule has 0 bridgehead atoms. The number of carbonyl (C=O) groups is 1. The molecule has 3 aromatic heterocycles. The molecule has 1 aliphatic carbocycles. The largest absolute Gasteiger partial charge is 0.416 e. The Labute approximate surface area is 198 Å². The highest BCUT2D eigenvalue weighted by Gasteiger charge is 2.31. The Morgan fingerprint density at radius 3 is 2.49 bits per heavy atom. The Balaban J connectivity index is 1.43. The fourth-order valence-electron chi connectivity index (χ4n) is 4.42. The van der Waals surface area contributed by atoms with E-state index in [1.807, 2.05) is 4.68 Å². The summed E-state index contributed by atoms with van der Waals surface area (Å²) in [4.78, 5) is 25.0. The van der Waals surface area contributed by atoms with Gasteiger partial charge in [0.05, 0.1) is 17.0 Å². The van der Waals surface area contributed by atoms with Crippen molar-refractivity contribution in [3.8, 4) is 11.3 Å². The number of pyridine rings is 1. The first-order valence-corrected chi connectivity index (χ1v) is 11.2. The average molecular weight is 481 g/mol. The number of hydrogen-bond donors (Lipinski definition) is 2. The number of benzene rings is 1. The molecule has 0 radical (unpaired) electrons. The van der Waals surface area contributed by atoms with Crippen LogP contribution in [0.2, 0.25) is 0 Å². The summed E-state index contributed by atoms with van der Waals surface area (Å²) in [6, 6.07) is 8.45. The van der Waals surface area contributed by atoms with Crippen molar-refractivity contribution in [1.82, 2.24) is 24.7 Å². The first-order valence-electron chi connectivity index (χ1n) is 11.2. The van der Waals surface area contributed by atoms with Gasteiger partial charge in [-0.3, -0.25) is 4.79 Å². The summed E-state index contributed by atoms with van der Waals surface area (Å²) in [7, 11) is 0. The molecule has 0 saturated heterocycles. The van der Waals surface area contributed by atoms with Crippen LogP contribution in [0.15, 0.2) is 48.9 Å². The molecule has 1 amide bonds. The molecule has 0 atom stereocenters. The maximum atomic E-state index is 12.9. The first kappa shape index (κ1) is 22.8. The molecule has 4 aromatic rings. The number of alkyl halides is 3. The molecule has 8 nitrogen and oxygen atoms in total. The second-order valence-corrected chi connectivity index (χ2v) is 8.50. The van der Waals surface area contributed by atoms with Gasteiger partial charge in [-0.1, -0.05) is 31.4 Å². The molecule has 180 valence electrons. The van der Waals surface area contributed by atoms with Gasteiger partial charge in [0.25, 0.3) is 5.91 Å². The Kier molecular flexibility index (Phi) is 5.83. The molecular formula is C24H22F3N7O. The van der Waals surface area contributed by atoms with Crippen LogP contribution in [0.5, 0.6) is 0 Å². The number of fused-ring (bicyclic) bond motifs is 1. The number of nitrogens with two attached hydrogens (primary N) is 1. The molecule has 0 aliphatic heterocycles. The highest BCUT2D eigenvalue weighted by Crippen LogP contribution is 2.36. The molecule has 1 saturated carbocycles. The third-order valence-electron chi connectivity index (χ3n) is 6.19. The van der Waals surface area contributed by atoms with E-state index in [2.05, 4.69) is 20.3 Å². The number of aromatic nitrogens is 5. The third-order valence-corrected chi connectivity index (χ3v) is 6.19. The van der Waals surface area contributed by atoms with Gasteiger partial charge in [0.2, 0.25) is 0 Å². The van der Waals surface area contributed by atoms with E-state index in [-0.39, 0.29) is 17.4 Å². The fourth-order valence-corrected chi connectivity index (χ4v) is 4.42. The van der Waals surface area contributed by atoms with E-state index in [4.69, 9.17) is 10.8 Å². The zero-order chi connectivity index (χ0) is 24.6. The zero-order valence-electron chi connectivity index (χ0n) is 18.6. The fraction of sp³-hybridized carbons (Fsp3) is 0.292. The quantitative estimate of drug-likeness (QED) is 0.412. The minimum Gasteiger partial charge on any atom is -0.383 e. The Morgan fingerprint density at radius 1 is 1.03 bits per heavy atom. The van der Waals surface area contributed by atoms with Crippen LogP contribution < -0.4 is 11.1 Å². The average Bonchev–Trinajstić information content (AvgIpc) is 3.25. The van der Waals surface area contributed by atoms with E-state index in [1.165, 1.54) is 12.7 Å². The smallest absolute Gasteiger partial charge is 0.383 e. The molecule has 1 aromatic carbocycles. The van der Waals surface area contributed by atoms with Crippen LogP contribution in [0.4, 0.5) is 24.8 Å². The number of hydrogen-bond acceptors (Lipinski definition) is 6. The van der Waals surface area contributed by atoms with Crippen LogP contribution in [0.3, 0.4) is 0 Å². The summed E-state index contributed by atoms with van der Waals surface area (Å²) < 4.78 is 40.7. The van der Waals surface area contributed by atoms with E-state index in [1.54, 1.807) is 24.3 Å². The highest BCUT2D eigenvalue weighted by molar-refractivity contribution is 6.04. The van der Waals surface area contributed by atoms with Crippen molar-refractivity contribution in [3.05, 3.63) is 60.0 Å². The Bertz CT molecular complexity index is 1380. The lowest BCUT2D eigenvalue weighted by Gasteiger charge is -2.22. The zero-order valence-corrected chi connectivity index (χ0v) is 18.6. The molecular weight excluding hydrogens is 459 g/mol. The van der Waals surface area contributed by atoms with E-state index >= 15 is 0 Å². The lowest BCUT2D eigenvalue weighted by atomic mass is 9.96. The number of halogens is 3. The van der Waals surface area contributed by atoms with Gasteiger partial charge < -0.3 is 11.1 Å². The third kappa shape index (κ3) is 4.53. The van der Waals surface area contributed by atoms with Crippen molar-refractivity contribution in [3.63, 3.8) is 0 Å². The van der Waals surface area contributed by atoms with Crippen molar-refractivity contribution >= 4 is 28.6 Å². The molecule has 3 heterocycles. The molecule has 1 aliphatic rings. The molecule has 0 unspecified atom stereocenters. The summed E-state index contributed by atoms with van der Waals surface area (Å²) >= 11 is 0. The van der Waals surface area contributed by atoms with Gasteiger partial charge in [0.1, 0.15) is 23.7 Å². The normalized spacial score (nSPS) is 14.8. The highest BCUT2D eigenvalue weighted by atomic mass is 19.4. The maximum absolute atomic E-state index is 12.9. The van der Waals surface area contributed by atoms with Crippen molar-refractivity contribution in [2.75, 3.05) is 11.1 Å². The van der Waals surface area contributed by atoms with Crippen molar-refractivity contribution < 1.29 is 18.0 Å². The van der Waals surface area contributed by atoms with Gasteiger partial charge in [-0.05, 0) is 37.1 Å². The van der Waals surface area contributed by atoms with Gasteiger partial charge in [-0.2, -0.15) is 18.3 Å². The van der Waals surface area contributed by atoms with Crippen LogP contribution in [0.1, 0.15) is 54.1 Å². The number of nitrogen functional groups attached to an aromatic ring is 1. The molecule has 35 heavy (non-hydrogen) atoms. The first-order chi connectivity index (χ1) is 16.8. The van der Waals surface area contributed by atoms with Crippen LogP contribution in [0, 0.1) is 0 Å². The lowest BCUT2D eigenvalue weighted by Crippen LogP contribution is -2.14. The number of carbonyl (C=O) groups excluding carboxylic acids is 1. The van der Waals surface area contributed by atoms with Crippen LogP contribution in [0.25, 0.3) is 22.3 Å². The standard InChI is InChI=1S/C24H22F3N7O/c25-24(26,27)16-10-11-29-18(12-16)32-23(35)15-8-6-14(7-9-15)20-19-21(28)30-13-31-22(19)34(33-20)17-4-2-1-3-5-17/h6-13,17H,1-5H2,(H2,28,30,31)(H,29,32,35). The summed E-state index contributed by atoms with van der Waals surface area (Å²) in [5, 5.41) is 7.90. The molecule has 11 heteroatoms. The van der Waals surface area contributed by atoms with Gasteiger partial charge in [0, 0.05) is 17.3 Å². The number of anilines is 2. The van der Waals surface area contributed by atoms with E-state index < -0.39 is 17.6 Å². The monoisotopic (exact) mass is 481 g/mol. The predicted octanol–water partition coefficient (Wildman–Crippen LogP) is 5.25. The van der Waals surface area contributed by atoms with Crippen molar-refractivity contribution in [2.24, 2.45) is 0 Å². The maximum Gasteiger partial charge on any atom is 0.416 e. The van der Waals surface area contributed by atoms with E-state index in [0.29, 0.717) is 22.5 Å². The van der Waals surface area contributed by atoms with E-state index in [9.17, 15) is 18.0 Å². The van der Waals surface area contributed by atoms with Gasteiger partial charge in [0.15, 0.2) is 5.65 Å². The molecule has 1 fully saturated rings. The summed E-state index contributed by atoms with van der Waals surface area (Å²) in [6.07, 6.45) is 3.41. The minimum atomic E-state index is -4.53. The Morgan fingerprint density at radius 2 is 1.77 bits per heavy atom. The summed E-state index contributed by atoms with van der Waals surface area (Å²) in [5.74, 6) is -0.440. The molecule has 5 rings (SSSR count). The number of nitrogens with zero attached hydrogens (tertiary/aromatic N) is 5. The second-order valence-electron chi connectivity index (χ2n) is 8.50. The summed E-state index contributed by atoms with van der Waals surface area (Å²) in [6.45, 7) is 0. The number of nitrogens with one attached hydrogen (secondary N) is 1. The lowest BCUT2D eigenvalue weighted by molar-refractivity contribution is -0.137. The van der Waals surface area contributed by atoms with Gasteiger partial charge in [-0.25, -0.2) is 19.6 Å². The second kappa shape index (κ2) is 8.97. The van der Waals surface area contributed by atoms with Gasteiger partial charge >= 0.3 is 6.18 Å². The molecule has 3 N–H and O–H groups in total. The topological polar surface area (TPSA) is 112 Å².